The average molecular weight is 300 g/mol. The molecule has 5 heteroatoms. The van der Waals surface area contributed by atoms with Crippen LogP contribution >= 0.6 is 23.8 Å². The molecule has 1 aromatic carbocycles. The lowest BCUT2D eigenvalue weighted by Gasteiger charge is -2.15. The van der Waals surface area contributed by atoms with Crippen molar-refractivity contribution in [2.75, 3.05) is 32.5 Å². The van der Waals surface area contributed by atoms with E-state index < -0.39 is 0 Å². The average Bonchev–Trinajstić information content (AvgIpc) is 2.29. The van der Waals surface area contributed by atoms with Gasteiger partial charge in [-0.05, 0) is 70.3 Å². The maximum Gasteiger partial charge on any atom is 0.170 e. The molecule has 0 spiro atoms. The summed E-state index contributed by atoms with van der Waals surface area (Å²) in [6, 6.07) is 4.02. The molecule has 2 N–H and O–H groups in total. The molecule has 1 rings (SSSR count). The Kier molecular flexibility index (Phi) is 6.55. The van der Waals surface area contributed by atoms with E-state index in [0.717, 1.165) is 36.3 Å². The Hall–Kier alpha value is -0.840. The Morgan fingerprint density at radius 1 is 1.32 bits per heavy atom. The maximum atomic E-state index is 6.23. The Labute approximate surface area is 126 Å². The van der Waals surface area contributed by atoms with Crippen LogP contribution in [0.5, 0.6) is 0 Å². The predicted molar refractivity (Wildman–Crippen MR) is 88.3 cm³/mol. The third kappa shape index (κ3) is 5.76. The van der Waals surface area contributed by atoms with Crippen LogP contribution in [0.4, 0.5) is 5.69 Å². The monoisotopic (exact) mass is 299 g/mol. The summed E-state index contributed by atoms with van der Waals surface area (Å²) in [4.78, 5) is 2.15. The molecule has 0 aliphatic heterocycles. The molecule has 0 bridgehead atoms. The van der Waals surface area contributed by atoms with Gasteiger partial charge in [0.25, 0.3) is 0 Å². The van der Waals surface area contributed by atoms with Gasteiger partial charge in [-0.1, -0.05) is 17.7 Å². The van der Waals surface area contributed by atoms with Gasteiger partial charge in [-0.15, -0.1) is 0 Å². The van der Waals surface area contributed by atoms with Crippen molar-refractivity contribution in [3.8, 4) is 0 Å². The van der Waals surface area contributed by atoms with Crippen LogP contribution in [-0.4, -0.2) is 37.2 Å². The molecule has 0 fully saturated rings. The van der Waals surface area contributed by atoms with Gasteiger partial charge >= 0.3 is 0 Å². The van der Waals surface area contributed by atoms with E-state index in [4.69, 9.17) is 23.8 Å². The summed E-state index contributed by atoms with van der Waals surface area (Å²) in [6.07, 6.45) is 1.05. The summed E-state index contributed by atoms with van der Waals surface area (Å²) in [5.74, 6) is 0. The van der Waals surface area contributed by atoms with E-state index in [1.807, 2.05) is 19.9 Å². The van der Waals surface area contributed by atoms with Gasteiger partial charge in [0.15, 0.2) is 5.11 Å². The summed E-state index contributed by atoms with van der Waals surface area (Å²) in [7, 11) is 4.12. The molecule has 0 atom stereocenters. The van der Waals surface area contributed by atoms with Crippen LogP contribution in [0.25, 0.3) is 0 Å². The lowest BCUT2D eigenvalue weighted by molar-refractivity contribution is 0.400. The van der Waals surface area contributed by atoms with Gasteiger partial charge in [-0.2, -0.15) is 0 Å². The predicted octanol–water partition coefficient (Wildman–Crippen LogP) is 3.19. The zero-order valence-electron chi connectivity index (χ0n) is 12.0. The zero-order chi connectivity index (χ0) is 14.4. The van der Waals surface area contributed by atoms with Gasteiger partial charge in [-0.3, -0.25) is 0 Å². The van der Waals surface area contributed by atoms with Gasteiger partial charge in [0.1, 0.15) is 0 Å². The van der Waals surface area contributed by atoms with E-state index in [-0.39, 0.29) is 0 Å². The highest BCUT2D eigenvalue weighted by Crippen LogP contribution is 2.27. The number of aryl methyl sites for hydroxylation is 2. The van der Waals surface area contributed by atoms with Crippen molar-refractivity contribution in [3.63, 3.8) is 0 Å². The number of halogens is 1. The number of thiocarbonyl (C=S) groups is 1. The van der Waals surface area contributed by atoms with Crippen LogP contribution in [0.1, 0.15) is 17.5 Å². The second-order valence-corrected chi connectivity index (χ2v) is 5.79. The standard InChI is InChI=1S/C14H22ClN3S/c1-10-8-11(2)13(12(15)9-10)17-14(19)16-6-5-7-18(3)4/h8-9H,5-7H2,1-4H3,(H2,16,17,19). The third-order valence-corrected chi connectivity index (χ3v) is 3.28. The van der Waals surface area contributed by atoms with E-state index in [1.165, 1.54) is 0 Å². The topological polar surface area (TPSA) is 27.3 Å². The maximum absolute atomic E-state index is 6.23. The van der Waals surface area contributed by atoms with Gasteiger partial charge in [-0.25, -0.2) is 0 Å². The second-order valence-electron chi connectivity index (χ2n) is 4.98. The first kappa shape index (κ1) is 16.2. The Morgan fingerprint density at radius 3 is 2.58 bits per heavy atom. The number of rotatable bonds is 5. The molecule has 19 heavy (non-hydrogen) atoms. The molecule has 0 heterocycles. The fraction of sp³-hybridized carbons (Fsp3) is 0.500. The SMILES string of the molecule is Cc1cc(C)c(NC(=S)NCCCN(C)C)c(Cl)c1. The molecule has 0 saturated heterocycles. The molecule has 106 valence electrons. The Bertz CT molecular complexity index is 423. The number of anilines is 1. The molecule has 1 aromatic rings. The zero-order valence-corrected chi connectivity index (χ0v) is 13.6. The molecule has 0 aromatic heterocycles. The lowest BCUT2D eigenvalue weighted by atomic mass is 10.1. The van der Waals surface area contributed by atoms with Crippen molar-refractivity contribution in [2.45, 2.75) is 20.3 Å². The Balaban J connectivity index is 2.49. The first-order chi connectivity index (χ1) is 8.90. The third-order valence-electron chi connectivity index (χ3n) is 2.74. The normalized spacial score (nSPS) is 10.6. The summed E-state index contributed by atoms with van der Waals surface area (Å²) in [6.45, 7) is 5.95. The second kappa shape index (κ2) is 7.68. The van der Waals surface area contributed by atoms with Crippen LogP contribution in [0.2, 0.25) is 5.02 Å². The van der Waals surface area contributed by atoms with Gasteiger partial charge < -0.3 is 15.5 Å². The number of benzene rings is 1. The summed E-state index contributed by atoms with van der Waals surface area (Å²) < 4.78 is 0. The highest BCUT2D eigenvalue weighted by atomic mass is 35.5. The van der Waals surface area contributed by atoms with Gasteiger partial charge in [0, 0.05) is 6.54 Å². The van der Waals surface area contributed by atoms with Gasteiger partial charge in [0.2, 0.25) is 0 Å². The first-order valence-corrected chi connectivity index (χ1v) is 7.15. The van der Waals surface area contributed by atoms with E-state index in [9.17, 15) is 0 Å². The van der Waals surface area contributed by atoms with Crippen molar-refractivity contribution in [1.29, 1.82) is 0 Å². The number of nitrogens with zero attached hydrogens (tertiary/aromatic N) is 1. The molecule has 3 nitrogen and oxygen atoms in total. The largest absolute Gasteiger partial charge is 0.362 e. The molecule has 0 radical (unpaired) electrons. The molecule has 0 aliphatic carbocycles. The van der Waals surface area contributed by atoms with Crippen molar-refractivity contribution >= 4 is 34.6 Å². The highest BCUT2D eigenvalue weighted by molar-refractivity contribution is 7.80. The van der Waals surface area contributed by atoms with Crippen LogP contribution in [0.3, 0.4) is 0 Å². The van der Waals surface area contributed by atoms with Crippen LogP contribution in [-0.2, 0) is 0 Å². The number of hydrogen-bond donors (Lipinski definition) is 2. The van der Waals surface area contributed by atoms with Crippen molar-refractivity contribution in [1.82, 2.24) is 10.2 Å². The van der Waals surface area contributed by atoms with Crippen molar-refractivity contribution < 1.29 is 0 Å². The highest BCUT2D eigenvalue weighted by Gasteiger charge is 2.06. The van der Waals surface area contributed by atoms with E-state index in [1.54, 1.807) is 0 Å². The fourth-order valence-electron chi connectivity index (χ4n) is 1.83. The fourth-order valence-corrected chi connectivity index (χ4v) is 2.40. The molecule has 0 unspecified atom stereocenters. The molecule has 0 amide bonds. The van der Waals surface area contributed by atoms with E-state index in [2.05, 4.69) is 35.7 Å². The van der Waals surface area contributed by atoms with E-state index in [0.29, 0.717) is 10.1 Å². The summed E-state index contributed by atoms with van der Waals surface area (Å²) in [5, 5.41) is 7.68. The smallest absolute Gasteiger partial charge is 0.170 e. The summed E-state index contributed by atoms with van der Waals surface area (Å²) >= 11 is 11.5. The number of hydrogen-bond acceptors (Lipinski definition) is 2. The molecule has 0 saturated carbocycles. The minimum absolute atomic E-state index is 0.618. The first-order valence-electron chi connectivity index (χ1n) is 6.36. The van der Waals surface area contributed by atoms with Crippen LogP contribution in [0, 0.1) is 13.8 Å². The van der Waals surface area contributed by atoms with Crippen molar-refractivity contribution in [2.24, 2.45) is 0 Å². The molecule has 0 aliphatic rings. The quantitative estimate of drug-likeness (QED) is 0.645. The van der Waals surface area contributed by atoms with Crippen molar-refractivity contribution in [3.05, 3.63) is 28.3 Å². The lowest BCUT2D eigenvalue weighted by Crippen LogP contribution is -2.31. The molecular formula is C14H22ClN3S. The Morgan fingerprint density at radius 2 is 2.00 bits per heavy atom. The van der Waals surface area contributed by atoms with Gasteiger partial charge in [0.05, 0.1) is 10.7 Å². The minimum atomic E-state index is 0.618. The van der Waals surface area contributed by atoms with Crippen LogP contribution in [0.15, 0.2) is 12.1 Å². The van der Waals surface area contributed by atoms with Crippen LogP contribution < -0.4 is 10.6 Å². The summed E-state index contributed by atoms with van der Waals surface area (Å²) in [5.41, 5.74) is 3.14. The van der Waals surface area contributed by atoms with E-state index >= 15 is 0 Å². The number of nitrogens with one attached hydrogen (secondary N) is 2. The minimum Gasteiger partial charge on any atom is -0.362 e. The molecular weight excluding hydrogens is 278 g/mol.